The summed E-state index contributed by atoms with van der Waals surface area (Å²) in [6, 6.07) is 6.78. The van der Waals surface area contributed by atoms with E-state index in [1.165, 1.54) is 0 Å². The predicted octanol–water partition coefficient (Wildman–Crippen LogP) is 1.78. The molecule has 2 rings (SSSR count). The number of hydrogen-bond acceptors (Lipinski definition) is 3. The number of nitrogens with two attached hydrogens (primary N) is 1. The van der Waals surface area contributed by atoms with E-state index in [9.17, 15) is 8.42 Å². The minimum absolute atomic E-state index is 0.110. The van der Waals surface area contributed by atoms with Crippen molar-refractivity contribution in [3.63, 3.8) is 0 Å². The largest absolute Gasteiger partial charge is 0.324 e. The Balaban J connectivity index is 2.17. The zero-order valence-electron chi connectivity index (χ0n) is 10.8. The molecule has 1 aromatic rings. The zero-order chi connectivity index (χ0) is 13.3. The van der Waals surface area contributed by atoms with Crippen LogP contribution in [-0.2, 0) is 10.0 Å². The van der Waals surface area contributed by atoms with Crippen molar-refractivity contribution in [1.29, 1.82) is 0 Å². The average molecular weight is 268 g/mol. The third-order valence-corrected chi connectivity index (χ3v) is 4.94. The Morgan fingerprint density at radius 2 is 2.22 bits per heavy atom. The van der Waals surface area contributed by atoms with Crippen LogP contribution in [0, 0.1) is 5.92 Å². The maximum absolute atomic E-state index is 12.2. The first-order valence-corrected chi connectivity index (χ1v) is 7.80. The van der Waals surface area contributed by atoms with Gasteiger partial charge in [-0.25, -0.2) is 13.1 Å². The molecule has 3 atom stereocenters. The van der Waals surface area contributed by atoms with Crippen LogP contribution in [0.2, 0.25) is 0 Å². The molecule has 18 heavy (non-hydrogen) atoms. The highest BCUT2D eigenvalue weighted by molar-refractivity contribution is 7.89. The van der Waals surface area contributed by atoms with Crippen molar-refractivity contribution >= 4 is 10.0 Å². The molecule has 100 valence electrons. The summed E-state index contributed by atoms with van der Waals surface area (Å²) in [4.78, 5) is 0.305. The van der Waals surface area contributed by atoms with E-state index < -0.39 is 10.0 Å². The van der Waals surface area contributed by atoms with Gasteiger partial charge in [-0.3, -0.25) is 0 Å². The van der Waals surface area contributed by atoms with Crippen LogP contribution in [0.1, 0.15) is 38.3 Å². The maximum atomic E-state index is 12.2. The molecule has 0 heterocycles. The normalized spacial score (nSPS) is 24.8. The van der Waals surface area contributed by atoms with Gasteiger partial charge >= 0.3 is 0 Å². The first-order valence-electron chi connectivity index (χ1n) is 6.32. The summed E-state index contributed by atoms with van der Waals surface area (Å²) >= 11 is 0. The van der Waals surface area contributed by atoms with Crippen molar-refractivity contribution in [1.82, 2.24) is 4.72 Å². The van der Waals surface area contributed by atoms with Gasteiger partial charge in [0.15, 0.2) is 0 Å². The van der Waals surface area contributed by atoms with E-state index in [0.717, 1.165) is 18.4 Å². The third kappa shape index (κ3) is 2.91. The van der Waals surface area contributed by atoms with Gasteiger partial charge < -0.3 is 5.73 Å². The number of hydrogen-bond donors (Lipinski definition) is 2. The summed E-state index contributed by atoms with van der Waals surface area (Å²) < 4.78 is 27.1. The Morgan fingerprint density at radius 3 is 2.78 bits per heavy atom. The lowest BCUT2D eigenvalue weighted by Crippen LogP contribution is -2.27. The number of benzene rings is 1. The molecular formula is C13H20N2O2S. The van der Waals surface area contributed by atoms with Crippen molar-refractivity contribution in [2.75, 3.05) is 0 Å². The van der Waals surface area contributed by atoms with Crippen LogP contribution in [0.25, 0.3) is 0 Å². The molecule has 1 aliphatic carbocycles. The van der Waals surface area contributed by atoms with Crippen LogP contribution in [0.15, 0.2) is 29.2 Å². The van der Waals surface area contributed by atoms with Gasteiger partial charge in [-0.15, -0.1) is 0 Å². The van der Waals surface area contributed by atoms with Gasteiger partial charge in [0.2, 0.25) is 10.0 Å². The van der Waals surface area contributed by atoms with E-state index in [1.54, 1.807) is 18.2 Å². The van der Waals surface area contributed by atoms with Crippen LogP contribution < -0.4 is 10.5 Å². The molecule has 0 radical (unpaired) electrons. The van der Waals surface area contributed by atoms with Crippen LogP contribution in [-0.4, -0.2) is 14.5 Å². The molecule has 1 saturated carbocycles. The van der Waals surface area contributed by atoms with E-state index >= 15 is 0 Å². The van der Waals surface area contributed by atoms with E-state index in [4.69, 9.17) is 5.73 Å². The standard InChI is InChI=1S/C13H20N2O2S/c1-3-10-8-13(10)15-18(16,17)12-6-4-5-11(7-12)9(2)14/h4-7,9-10,13,15H,3,8,14H2,1-2H3. The summed E-state index contributed by atoms with van der Waals surface area (Å²) in [5, 5.41) is 0. The fraction of sp³-hybridized carbons (Fsp3) is 0.538. The van der Waals surface area contributed by atoms with Gasteiger partial charge in [0.05, 0.1) is 4.90 Å². The van der Waals surface area contributed by atoms with E-state index in [0.29, 0.717) is 10.8 Å². The van der Waals surface area contributed by atoms with Crippen molar-refractivity contribution in [3.8, 4) is 0 Å². The molecule has 1 aliphatic rings. The minimum Gasteiger partial charge on any atom is -0.324 e. The zero-order valence-corrected chi connectivity index (χ0v) is 11.6. The summed E-state index contributed by atoms with van der Waals surface area (Å²) in [5.74, 6) is 0.497. The lowest BCUT2D eigenvalue weighted by Gasteiger charge is -2.10. The summed E-state index contributed by atoms with van der Waals surface area (Å²) in [6.45, 7) is 3.92. The molecule has 1 aromatic carbocycles. The molecule has 0 aromatic heterocycles. The fourth-order valence-corrected chi connectivity index (χ4v) is 3.45. The molecule has 0 saturated heterocycles. The van der Waals surface area contributed by atoms with Crippen molar-refractivity contribution in [3.05, 3.63) is 29.8 Å². The first kappa shape index (κ1) is 13.5. The van der Waals surface area contributed by atoms with Gasteiger partial charge in [0, 0.05) is 12.1 Å². The monoisotopic (exact) mass is 268 g/mol. The van der Waals surface area contributed by atoms with Gasteiger partial charge in [-0.05, 0) is 37.0 Å². The molecule has 3 N–H and O–H groups in total. The van der Waals surface area contributed by atoms with E-state index in [2.05, 4.69) is 11.6 Å². The highest BCUT2D eigenvalue weighted by Crippen LogP contribution is 2.34. The Labute approximate surface area is 109 Å². The topological polar surface area (TPSA) is 72.2 Å². The first-order chi connectivity index (χ1) is 8.44. The van der Waals surface area contributed by atoms with Crippen molar-refractivity contribution < 1.29 is 8.42 Å². The molecule has 1 fully saturated rings. The van der Waals surface area contributed by atoms with Gasteiger partial charge in [0.25, 0.3) is 0 Å². The van der Waals surface area contributed by atoms with Crippen LogP contribution in [0.5, 0.6) is 0 Å². The quantitative estimate of drug-likeness (QED) is 0.855. The van der Waals surface area contributed by atoms with Crippen LogP contribution >= 0.6 is 0 Å². The van der Waals surface area contributed by atoms with Crippen LogP contribution in [0.3, 0.4) is 0 Å². The number of rotatable bonds is 5. The van der Waals surface area contributed by atoms with Gasteiger partial charge in [0.1, 0.15) is 0 Å². The Bertz CT molecular complexity index is 526. The second-order valence-corrected chi connectivity index (χ2v) is 6.71. The van der Waals surface area contributed by atoms with Crippen molar-refractivity contribution in [2.45, 2.75) is 43.7 Å². The summed E-state index contributed by atoms with van der Waals surface area (Å²) in [5.41, 5.74) is 6.60. The lowest BCUT2D eigenvalue weighted by molar-refractivity contribution is 0.575. The number of sulfonamides is 1. The maximum Gasteiger partial charge on any atom is 0.240 e. The second kappa shape index (κ2) is 4.99. The highest BCUT2D eigenvalue weighted by atomic mass is 32.2. The molecular weight excluding hydrogens is 248 g/mol. The van der Waals surface area contributed by atoms with Crippen molar-refractivity contribution in [2.24, 2.45) is 11.7 Å². The molecule has 4 nitrogen and oxygen atoms in total. The molecule has 0 aliphatic heterocycles. The van der Waals surface area contributed by atoms with Crippen LogP contribution in [0.4, 0.5) is 0 Å². The molecule has 3 unspecified atom stereocenters. The molecule has 0 amide bonds. The predicted molar refractivity (Wildman–Crippen MR) is 71.6 cm³/mol. The highest BCUT2D eigenvalue weighted by Gasteiger charge is 2.38. The second-order valence-electron chi connectivity index (χ2n) is 4.99. The fourth-order valence-electron chi connectivity index (χ4n) is 2.08. The Kier molecular flexibility index (Phi) is 3.75. The smallest absolute Gasteiger partial charge is 0.240 e. The lowest BCUT2D eigenvalue weighted by atomic mass is 10.1. The minimum atomic E-state index is -3.40. The third-order valence-electron chi connectivity index (χ3n) is 3.45. The van der Waals surface area contributed by atoms with E-state index in [-0.39, 0.29) is 12.1 Å². The van der Waals surface area contributed by atoms with Gasteiger partial charge in [-0.1, -0.05) is 25.5 Å². The molecule has 0 bridgehead atoms. The van der Waals surface area contributed by atoms with Gasteiger partial charge in [-0.2, -0.15) is 0 Å². The molecule has 5 heteroatoms. The van der Waals surface area contributed by atoms with E-state index in [1.807, 2.05) is 13.0 Å². The number of nitrogens with one attached hydrogen (secondary N) is 1. The Morgan fingerprint density at radius 1 is 1.50 bits per heavy atom. The SMILES string of the molecule is CCC1CC1NS(=O)(=O)c1cccc(C(C)N)c1. The summed E-state index contributed by atoms with van der Waals surface area (Å²) in [7, 11) is -3.40. The molecule has 0 spiro atoms. The average Bonchev–Trinajstić information content (AvgIpc) is 3.07. The Hall–Kier alpha value is -0.910. The summed E-state index contributed by atoms with van der Waals surface area (Å²) in [6.07, 6.45) is 1.97.